The van der Waals surface area contributed by atoms with Crippen molar-refractivity contribution in [1.82, 2.24) is 15.3 Å². The van der Waals surface area contributed by atoms with Gasteiger partial charge in [-0.05, 0) is 11.6 Å². The lowest BCUT2D eigenvalue weighted by atomic mass is 10.1. The van der Waals surface area contributed by atoms with Crippen LogP contribution in [0.1, 0.15) is 16.8 Å². The highest BCUT2D eigenvalue weighted by atomic mass is 19.4. The molecule has 0 bridgehead atoms. The van der Waals surface area contributed by atoms with Gasteiger partial charge >= 0.3 is 6.18 Å². The van der Waals surface area contributed by atoms with Gasteiger partial charge in [-0.1, -0.05) is 18.2 Å². The van der Waals surface area contributed by atoms with Crippen LogP contribution in [0.15, 0.2) is 36.8 Å². The fourth-order valence-corrected chi connectivity index (χ4v) is 1.58. The number of H-pyrrole nitrogens is 1. The molecule has 0 unspecified atom stereocenters. The third-order valence-electron chi connectivity index (χ3n) is 2.45. The molecule has 0 aliphatic rings. The van der Waals surface area contributed by atoms with Crippen molar-refractivity contribution in [3.63, 3.8) is 0 Å². The Morgan fingerprint density at radius 1 is 1.22 bits per heavy atom. The molecule has 2 aromatic rings. The van der Waals surface area contributed by atoms with Crippen molar-refractivity contribution in [2.45, 2.75) is 19.3 Å². The number of hydrogen-bond acceptors (Lipinski definition) is 2. The van der Waals surface area contributed by atoms with Crippen LogP contribution in [-0.2, 0) is 19.3 Å². The first kappa shape index (κ1) is 12.6. The predicted molar refractivity (Wildman–Crippen MR) is 60.6 cm³/mol. The van der Waals surface area contributed by atoms with E-state index < -0.39 is 11.7 Å². The average Bonchev–Trinajstić information content (AvgIpc) is 2.81. The van der Waals surface area contributed by atoms with Crippen LogP contribution >= 0.6 is 0 Å². The quantitative estimate of drug-likeness (QED) is 0.881. The molecule has 0 spiro atoms. The Hall–Kier alpha value is -1.82. The van der Waals surface area contributed by atoms with Crippen LogP contribution in [0.25, 0.3) is 0 Å². The van der Waals surface area contributed by atoms with E-state index in [0.717, 1.165) is 17.8 Å². The molecule has 3 nitrogen and oxygen atoms in total. The second-order valence-corrected chi connectivity index (χ2v) is 3.88. The van der Waals surface area contributed by atoms with Crippen LogP contribution in [-0.4, -0.2) is 9.97 Å². The summed E-state index contributed by atoms with van der Waals surface area (Å²) in [5.41, 5.74) is 0.870. The van der Waals surface area contributed by atoms with E-state index >= 15 is 0 Å². The molecule has 0 radical (unpaired) electrons. The zero-order chi connectivity index (χ0) is 13.0. The molecule has 6 heteroatoms. The van der Waals surface area contributed by atoms with Gasteiger partial charge in [0.2, 0.25) is 0 Å². The number of aromatic nitrogens is 2. The van der Waals surface area contributed by atoms with Gasteiger partial charge in [-0.2, -0.15) is 13.2 Å². The molecule has 2 rings (SSSR count). The number of aromatic amines is 1. The van der Waals surface area contributed by atoms with E-state index in [9.17, 15) is 13.2 Å². The lowest BCUT2D eigenvalue weighted by Crippen LogP contribution is -2.14. The Balaban J connectivity index is 1.93. The molecule has 96 valence electrons. The van der Waals surface area contributed by atoms with Crippen molar-refractivity contribution < 1.29 is 13.2 Å². The molecule has 0 amide bonds. The van der Waals surface area contributed by atoms with Gasteiger partial charge in [0, 0.05) is 25.0 Å². The molecule has 1 heterocycles. The van der Waals surface area contributed by atoms with E-state index in [-0.39, 0.29) is 0 Å². The molecule has 0 aliphatic heterocycles. The summed E-state index contributed by atoms with van der Waals surface area (Å²) in [6.45, 7) is 0.916. The Kier molecular flexibility index (Phi) is 3.66. The van der Waals surface area contributed by atoms with Gasteiger partial charge in [0.1, 0.15) is 0 Å². The third kappa shape index (κ3) is 3.33. The van der Waals surface area contributed by atoms with Crippen LogP contribution in [0.2, 0.25) is 0 Å². The van der Waals surface area contributed by atoms with Gasteiger partial charge in [-0.25, -0.2) is 4.98 Å². The van der Waals surface area contributed by atoms with E-state index in [2.05, 4.69) is 15.3 Å². The Bertz CT molecular complexity index is 492. The minimum Gasteiger partial charge on any atom is -0.347 e. The summed E-state index contributed by atoms with van der Waals surface area (Å²) in [6, 6.07) is 5.30. The Morgan fingerprint density at radius 3 is 2.72 bits per heavy atom. The summed E-state index contributed by atoms with van der Waals surface area (Å²) in [7, 11) is 0. The van der Waals surface area contributed by atoms with Gasteiger partial charge in [-0.15, -0.1) is 0 Å². The molecule has 1 aromatic carbocycles. The van der Waals surface area contributed by atoms with Crippen molar-refractivity contribution in [1.29, 1.82) is 0 Å². The van der Waals surface area contributed by atoms with E-state index in [1.807, 2.05) is 0 Å². The summed E-state index contributed by atoms with van der Waals surface area (Å²) in [5, 5.41) is 3.04. The van der Waals surface area contributed by atoms with Gasteiger partial charge in [0.15, 0.2) is 0 Å². The van der Waals surface area contributed by atoms with Gasteiger partial charge in [0.05, 0.1) is 11.9 Å². The summed E-state index contributed by atoms with van der Waals surface area (Å²) in [4.78, 5) is 6.76. The van der Waals surface area contributed by atoms with Crippen molar-refractivity contribution in [2.75, 3.05) is 0 Å². The standard InChI is InChI=1S/C12H12F3N3/c13-12(14,15)10-3-1-2-9(4-10)5-16-6-11-7-17-8-18-11/h1-4,7-8,16H,5-6H2,(H,17,18). The van der Waals surface area contributed by atoms with Crippen LogP contribution in [0.5, 0.6) is 0 Å². The van der Waals surface area contributed by atoms with E-state index in [1.165, 1.54) is 6.07 Å². The first-order valence-corrected chi connectivity index (χ1v) is 5.40. The fourth-order valence-electron chi connectivity index (χ4n) is 1.58. The Morgan fingerprint density at radius 2 is 2.06 bits per heavy atom. The summed E-state index contributed by atoms with van der Waals surface area (Å²) < 4.78 is 37.4. The van der Waals surface area contributed by atoms with Gasteiger partial charge in [0.25, 0.3) is 0 Å². The van der Waals surface area contributed by atoms with Gasteiger partial charge in [-0.3, -0.25) is 0 Å². The van der Waals surface area contributed by atoms with E-state index in [4.69, 9.17) is 0 Å². The molecular formula is C12H12F3N3. The smallest absolute Gasteiger partial charge is 0.347 e. The zero-order valence-corrected chi connectivity index (χ0v) is 9.46. The van der Waals surface area contributed by atoms with E-state index in [0.29, 0.717) is 18.7 Å². The average molecular weight is 255 g/mol. The minimum absolute atomic E-state index is 0.378. The van der Waals surface area contributed by atoms with Crippen LogP contribution in [0.4, 0.5) is 13.2 Å². The highest BCUT2D eigenvalue weighted by Gasteiger charge is 2.30. The maximum Gasteiger partial charge on any atom is 0.416 e. The molecule has 0 atom stereocenters. The molecule has 1 aromatic heterocycles. The van der Waals surface area contributed by atoms with Crippen molar-refractivity contribution >= 4 is 0 Å². The number of rotatable bonds is 4. The Labute approximate surface area is 102 Å². The number of hydrogen-bond donors (Lipinski definition) is 2. The maximum atomic E-state index is 12.5. The summed E-state index contributed by atoms with van der Waals surface area (Å²) in [6.07, 6.45) is -1.07. The maximum absolute atomic E-state index is 12.5. The fraction of sp³-hybridized carbons (Fsp3) is 0.250. The second kappa shape index (κ2) is 5.22. The molecule has 18 heavy (non-hydrogen) atoms. The highest BCUT2D eigenvalue weighted by Crippen LogP contribution is 2.29. The molecule has 0 saturated heterocycles. The van der Waals surface area contributed by atoms with Crippen molar-refractivity contribution in [3.05, 3.63) is 53.6 Å². The number of benzene rings is 1. The summed E-state index contributed by atoms with van der Waals surface area (Å²) in [5.74, 6) is 0. The monoisotopic (exact) mass is 255 g/mol. The largest absolute Gasteiger partial charge is 0.416 e. The SMILES string of the molecule is FC(F)(F)c1cccc(CNCc2cnc[nH]2)c1. The molecule has 0 fully saturated rings. The number of halogens is 3. The second-order valence-electron chi connectivity index (χ2n) is 3.88. The van der Waals surface area contributed by atoms with E-state index in [1.54, 1.807) is 18.6 Å². The number of nitrogens with zero attached hydrogens (tertiary/aromatic N) is 1. The normalized spacial score (nSPS) is 11.7. The number of nitrogens with one attached hydrogen (secondary N) is 2. The molecule has 2 N–H and O–H groups in total. The first-order valence-electron chi connectivity index (χ1n) is 5.40. The van der Waals surface area contributed by atoms with Crippen LogP contribution in [0, 0.1) is 0 Å². The lowest BCUT2D eigenvalue weighted by Gasteiger charge is -2.09. The summed E-state index contributed by atoms with van der Waals surface area (Å²) >= 11 is 0. The third-order valence-corrected chi connectivity index (χ3v) is 2.45. The zero-order valence-electron chi connectivity index (χ0n) is 9.46. The topological polar surface area (TPSA) is 40.7 Å². The minimum atomic E-state index is -4.29. The van der Waals surface area contributed by atoms with Crippen molar-refractivity contribution in [2.24, 2.45) is 0 Å². The first-order chi connectivity index (χ1) is 8.55. The molecular weight excluding hydrogens is 243 g/mol. The van der Waals surface area contributed by atoms with Crippen LogP contribution < -0.4 is 5.32 Å². The predicted octanol–water partition coefficient (Wildman–Crippen LogP) is 2.72. The number of imidazole rings is 1. The van der Waals surface area contributed by atoms with Crippen LogP contribution in [0.3, 0.4) is 0 Å². The molecule has 0 aliphatic carbocycles. The highest BCUT2D eigenvalue weighted by molar-refractivity contribution is 5.25. The molecule has 0 saturated carbocycles. The van der Waals surface area contributed by atoms with Gasteiger partial charge < -0.3 is 10.3 Å². The van der Waals surface area contributed by atoms with Crippen molar-refractivity contribution in [3.8, 4) is 0 Å². The lowest BCUT2D eigenvalue weighted by molar-refractivity contribution is -0.137. The number of alkyl halides is 3.